The Hall–Kier alpha value is -2.24. The van der Waals surface area contributed by atoms with Crippen LogP contribution in [0.2, 0.25) is 5.02 Å². The van der Waals surface area contributed by atoms with Crippen LogP contribution in [0.4, 0.5) is 4.79 Å². The summed E-state index contributed by atoms with van der Waals surface area (Å²) in [7, 11) is 0. The topological polar surface area (TPSA) is 46.6 Å². The third-order valence-corrected chi connectivity index (χ3v) is 5.42. The minimum Gasteiger partial charge on any atom is -0.489 e. The second-order valence-electron chi connectivity index (χ2n) is 6.14. The molecule has 0 spiro atoms. The molecule has 2 amide bonds. The summed E-state index contributed by atoms with van der Waals surface area (Å²) in [5.41, 5.74) is 1.77. The zero-order chi connectivity index (χ0) is 19.2. The zero-order valence-corrected chi connectivity index (χ0v) is 16.6. The van der Waals surface area contributed by atoms with E-state index in [-0.39, 0.29) is 11.1 Å². The summed E-state index contributed by atoms with van der Waals surface area (Å²) in [6.45, 7) is 2.90. The monoisotopic (exact) mass is 401 g/mol. The largest absolute Gasteiger partial charge is 0.489 e. The third-order valence-electron chi connectivity index (χ3n) is 4.14. The van der Waals surface area contributed by atoms with E-state index in [1.165, 1.54) is 4.90 Å². The van der Waals surface area contributed by atoms with Gasteiger partial charge in [0.15, 0.2) is 0 Å². The number of nitrogens with zero attached hydrogens (tertiary/aromatic N) is 1. The third kappa shape index (κ3) is 4.93. The van der Waals surface area contributed by atoms with Crippen LogP contribution < -0.4 is 4.74 Å². The van der Waals surface area contributed by atoms with Gasteiger partial charge >= 0.3 is 0 Å². The van der Waals surface area contributed by atoms with E-state index >= 15 is 0 Å². The fraction of sp³-hybridized carbons (Fsp3) is 0.238. The van der Waals surface area contributed by atoms with Gasteiger partial charge in [0.2, 0.25) is 0 Å². The molecule has 0 unspecified atom stereocenters. The van der Waals surface area contributed by atoms with E-state index in [1.54, 1.807) is 6.08 Å². The first-order chi connectivity index (χ1) is 13.1. The molecule has 1 aliphatic rings. The van der Waals surface area contributed by atoms with E-state index in [4.69, 9.17) is 16.3 Å². The molecule has 1 heterocycles. The second kappa shape index (κ2) is 9.11. The van der Waals surface area contributed by atoms with Crippen molar-refractivity contribution in [3.05, 3.63) is 69.6 Å². The number of unbranched alkanes of at least 4 members (excludes halogenated alkanes) is 1. The van der Waals surface area contributed by atoms with Crippen molar-refractivity contribution in [1.29, 1.82) is 0 Å². The van der Waals surface area contributed by atoms with Crippen LogP contribution in [-0.2, 0) is 11.4 Å². The van der Waals surface area contributed by atoms with Crippen LogP contribution in [0.25, 0.3) is 6.08 Å². The standard InChI is InChI=1S/C21H20ClNO3S/c1-2-3-12-23-20(24)19(27-21(23)25)13-15-8-10-17(11-9-15)26-14-16-6-4-5-7-18(16)22/h4-11,13H,2-3,12,14H2,1H3/b19-13-. The van der Waals surface area contributed by atoms with E-state index in [0.29, 0.717) is 28.8 Å². The lowest BCUT2D eigenvalue weighted by atomic mass is 10.2. The predicted octanol–water partition coefficient (Wildman–Crippen LogP) is 5.76. The van der Waals surface area contributed by atoms with Gasteiger partial charge in [-0.2, -0.15) is 0 Å². The van der Waals surface area contributed by atoms with Gasteiger partial charge < -0.3 is 4.74 Å². The molecule has 0 aliphatic carbocycles. The van der Waals surface area contributed by atoms with Gasteiger partial charge in [0.05, 0.1) is 4.91 Å². The van der Waals surface area contributed by atoms with Gasteiger partial charge in [-0.25, -0.2) is 0 Å². The summed E-state index contributed by atoms with van der Waals surface area (Å²) in [6, 6.07) is 15.0. The fourth-order valence-electron chi connectivity index (χ4n) is 2.60. The van der Waals surface area contributed by atoms with Gasteiger partial charge in [-0.1, -0.05) is 55.3 Å². The second-order valence-corrected chi connectivity index (χ2v) is 7.54. The maximum Gasteiger partial charge on any atom is 0.293 e. The van der Waals surface area contributed by atoms with Gasteiger partial charge in [-0.3, -0.25) is 14.5 Å². The lowest BCUT2D eigenvalue weighted by Gasteiger charge is -2.10. The molecule has 3 rings (SSSR count). The summed E-state index contributed by atoms with van der Waals surface area (Å²) < 4.78 is 5.76. The minimum absolute atomic E-state index is 0.195. The molecule has 0 atom stereocenters. The Labute approximate surface area is 168 Å². The molecule has 0 aromatic heterocycles. The molecule has 1 aliphatic heterocycles. The number of amides is 2. The van der Waals surface area contributed by atoms with Crippen LogP contribution in [0.15, 0.2) is 53.4 Å². The van der Waals surface area contributed by atoms with Gasteiger partial charge in [0.25, 0.3) is 11.1 Å². The highest BCUT2D eigenvalue weighted by atomic mass is 35.5. The first-order valence-corrected chi connectivity index (χ1v) is 9.99. The lowest BCUT2D eigenvalue weighted by Crippen LogP contribution is -2.29. The summed E-state index contributed by atoms with van der Waals surface area (Å²) in [5, 5.41) is 0.479. The molecule has 0 N–H and O–H groups in total. The quantitative estimate of drug-likeness (QED) is 0.553. The number of benzene rings is 2. The number of hydrogen-bond acceptors (Lipinski definition) is 4. The molecule has 2 aromatic rings. The molecule has 0 radical (unpaired) electrons. The number of halogens is 1. The molecule has 27 heavy (non-hydrogen) atoms. The summed E-state index contributed by atoms with van der Waals surface area (Å²) >= 11 is 7.12. The van der Waals surface area contributed by atoms with Crippen LogP contribution in [0.3, 0.4) is 0 Å². The maximum atomic E-state index is 12.4. The van der Waals surface area contributed by atoms with Crippen molar-refractivity contribution in [3.8, 4) is 5.75 Å². The van der Waals surface area contributed by atoms with E-state index in [1.807, 2.05) is 55.5 Å². The van der Waals surface area contributed by atoms with Gasteiger partial charge in [-0.15, -0.1) is 0 Å². The van der Waals surface area contributed by atoms with Crippen molar-refractivity contribution in [1.82, 2.24) is 4.90 Å². The van der Waals surface area contributed by atoms with E-state index in [2.05, 4.69) is 0 Å². The number of thioether (sulfide) groups is 1. The molecule has 6 heteroatoms. The van der Waals surface area contributed by atoms with Crippen LogP contribution in [0.1, 0.15) is 30.9 Å². The first-order valence-electron chi connectivity index (χ1n) is 8.80. The highest BCUT2D eigenvalue weighted by Crippen LogP contribution is 2.32. The van der Waals surface area contributed by atoms with Crippen molar-refractivity contribution < 1.29 is 14.3 Å². The fourth-order valence-corrected chi connectivity index (χ4v) is 3.65. The van der Waals surface area contributed by atoms with Crippen molar-refractivity contribution in [2.45, 2.75) is 26.4 Å². The number of hydrogen-bond donors (Lipinski definition) is 0. The molecule has 0 saturated carbocycles. The summed E-state index contributed by atoms with van der Waals surface area (Å²) in [5.74, 6) is 0.501. The Morgan fingerprint density at radius 1 is 1.11 bits per heavy atom. The highest BCUT2D eigenvalue weighted by Gasteiger charge is 2.34. The van der Waals surface area contributed by atoms with Crippen LogP contribution in [0.5, 0.6) is 5.75 Å². The number of rotatable bonds is 7. The van der Waals surface area contributed by atoms with Crippen LogP contribution in [-0.4, -0.2) is 22.6 Å². The molecule has 4 nitrogen and oxygen atoms in total. The summed E-state index contributed by atoms with van der Waals surface area (Å²) in [4.78, 5) is 26.1. The number of carbonyl (C=O) groups excluding carboxylic acids is 2. The minimum atomic E-state index is -0.211. The van der Waals surface area contributed by atoms with E-state index in [9.17, 15) is 9.59 Å². The normalized spacial score (nSPS) is 15.6. The Kier molecular flexibility index (Phi) is 6.58. The van der Waals surface area contributed by atoms with Crippen LogP contribution >= 0.6 is 23.4 Å². The maximum absolute atomic E-state index is 12.4. The SMILES string of the molecule is CCCCN1C(=O)S/C(=C\c2ccc(OCc3ccccc3Cl)cc2)C1=O. The van der Waals surface area contributed by atoms with E-state index in [0.717, 1.165) is 35.7 Å². The average Bonchev–Trinajstić information content (AvgIpc) is 2.93. The Morgan fingerprint density at radius 3 is 2.56 bits per heavy atom. The number of carbonyl (C=O) groups is 2. The van der Waals surface area contributed by atoms with Gasteiger partial charge in [0, 0.05) is 17.1 Å². The predicted molar refractivity (Wildman–Crippen MR) is 110 cm³/mol. The molecule has 0 bridgehead atoms. The van der Waals surface area contributed by atoms with Crippen molar-refractivity contribution in [2.75, 3.05) is 6.54 Å². The first kappa shape index (κ1) is 19.5. The van der Waals surface area contributed by atoms with Gasteiger partial charge in [0.1, 0.15) is 12.4 Å². The average molecular weight is 402 g/mol. The van der Waals surface area contributed by atoms with Crippen molar-refractivity contribution >= 4 is 40.6 Å². The Balaban J connectivity index is 1.63. The smallest absolute Gasteiger partial charge is 0.293 e. The van der Waals surface area contributed by atoms with Crippen molar-refractivity contribution in [2.24, 2.45) is 0 Å². The van der Waals surface area contributed by atoms with Crippen LogP contribution in [0, 0.1) is 0 Å². The van der Waals surface area contributed by atoms with Gasteiger partial charge in [-0.05, 0) is 48.0 Å². The number of imide groups is 1. The molecule has 1 fully saturated rings. The molecular weight excluding hydrogens is 382 g/mol. The molecule has 2 aromatic carbocycles. The Bertz CT molecular complexity index is 864. The molecule has 140 valence electrons. The number of ether oxygens (including phenoxy) is 1. The lowest BCUT2D eigenvalue weighted by molar-refractivity contribution is -0.122. The zero-order valence-electron chi connectivity index (χ0n) is 15.0. The highest BCUT2D eigenvalue weighted by molar-refractivity contribution is 8.18. The summed E-state index contributed by atoms with van der Waals surface area (Å²) in [6.07, 6.45) is 3.51. The van der Waals surface area contributed by atoms with Crippen molar-refractivity contribution in [3.63, 3.8) is 0 Å². The Morgan fingerprint density at radius 2 is 1.85 bits per heavy atom. The van der Waals surface area contributed by atoms with E-state index < -0.39 is 0 Å². The molecule has 1 saturated heterocycles. The molecular formula is C21H20ClNO3S.